The zero-order valence-electron chi connectivity index (χ0n) is 16.6. The quantitative estimate of drug-likeness (QED) is 0.311. The second-order valence-corrected chi connectivity index (χ2v) is 7.75. The average Bonchev–Trinajstić information content (AvgIpc) is 2.77. The van der Waals surface area contributed by atoms with Crippen molar-refractivity contribution in [1.82, 2.24) is 9.97 Å². The zero-order valence-corrected chi connectivity index (χ0v) is 16.6. The summed E-state index contributed by atoms with van der Waals surface area (Å²) in [7, 11) is 0. The summed E-state index contributed by atoms with van der Waals surface area (Å²) in [6.07, 6.45) is 0. The Bertz CT molecular complexity index is 1310. The molecule has 5 rings (SSSR count). The van der Waals surface area contributed by atoms with Crippen molar-refractivity contribution < 1.29 is 0 Å². The fourth-order valence-electron chi connectivity index (χ4n) is 3.83. The molecule has 0 aliphatic rings. The number of nitrogens with zero attached hydrogens (tertiary/aromatic N) is 2. The summed E-state index contributed by atoms with van der Waals surface area (Å²) < 4.78 is 0. The van der Waals surface area contributed by atoms with E-state index in [2.05, 4.69) is 92.7 Å². The van der Waals surface area contributed by atoms with Crippen LogP contribution in [0, 0.1) is 0 Å². The molecular weight excluding hydrogens is 352 g/mol. The fourth-order valence-corrected chi connectivity index (χ4v) is 3.83. The Labute approximate surface area is 170 Å². The first-order chi connectivity index (χ1) is 14.2. The van der Waals surface area contributed by atoms with Gasteiger partial charge in [0.1, 0.15) is 0 Å². The highest BCUT2D eigenvalue weighted by atomic mass is 14.8. The monoisotopic (exact) mass is 374 g/mol. The maximum Gasteiger partial charge on any atom is 0.0927 e. The summed E-state index contributed by atoms with van der Waals surface area (Å²) in [5.74, 6) is 0.299. The standard InChI is InChI=1S/C27H22N2/c1-18(2)26-27(20-11-7-4-8-12-20)29-24-16-22-14-13-21(19-9-5-3-6-10-19)15-23(22)17-25(24)28-26/h3-18H,1-2H3. The summed E-state index contributed by atoms with van der Waals surface area (Å²) in [4.78, 5) is 10.1. The molecule has 1 heterocycles. The Morgan fingerprint density at radius 2 is 1.17 bits per heavy atom. The van der Waals surface area contributed by atoms with Crippen molar-refractivity contribution in [2.45, 2.75) is 19.8 Å². The van der Waals surface area contributed by atoms with Gasteiger partial charge in [0.2, 0.25) is 0 Å². The third kappa shape index (κ3) is 3.27. The second-order valence-electron chi connectivity index (χ2n) is 7.75. The lowest BCUT2D eigenvalue weighted by Gasteiger charge is -2.13. The van der Waals surface area contributed by atoms with Crippen molar-refractivity contribution in [2.75, 3.05) is 0 Å². The zero-order chi connectivity index (χ0) is 19.8. The summed E-state index contributed by atoms with van der Waals surface area (Å²) in [6, 6.07) is 31.8. The van der Waals surface area contributed by atoms with Crippen LogP contribution in [0.5, 0.6) is 0 Å². The molecule has 2 heteroatoms. The van der Waals surface area contributed by atoms with E-state index in [1.54, 1.807) is 0 Å². The minimum absolute atomic E-state index is 0.299. The SMILES string of the molecule is CC(C)c1nc2cc3cc(-c4ccccc4)ccc3cc2nc1-c1ccccc1. The number of fused-ring (bicyclic) bond motifs is 2. The van der Waals surface area contributed by atoms with Gasteiger partial charge in [0.25, 0.3) is 0 Å². The normalized spacial score (nSPS) is 11.4. The average molecular weight is 374 g/mol. The van der Waals surface area contributed by atoms with Crippen LogP contribution in [0.25, 0.3) is 44.2 Å². The molecule has 0 aliphatic heterocycles. The van der Waals surface area contributed by atoms with Crippen molar-refractivity contribution in [3.05, 3.63) is 96.7 Å². The maximum absolute atomic E-state index is 5.04. The molecule has 0 saturated carbocycles. The largest absolute Gasteiger partial charge is 0.249 e. The van der Waals surface area contributed by atoms with Crippen LogP contribution in [-0.2, 0) is 0 Å². The Hall–Kier alpha value is -3.52. The van der Waals surface area contributed by atoms with Crippen LogP contribution < -0.4 is 0 Å². The van der Waals surface area contributed by atoms with E-state index in [9.17, 15) is 0 Å². The van der Waals surface area contributed by atoms with Gasteiger partial charge in [-0.05, 0) is 46.0 Å². The third-order valence-corrected chi connectivity index (χ3v) is 5.35. The van der Waals surface area contributed by atoms with Gasteiger partial charge in [0.05, 0.1) is 22.4 Å². The van der Waals surface area contributed by atoms with Crippen molar-refractivity contribution in [2.24, 2.45) is 0 Å². The minimum Gasteiger partial charge on any atom is -0.249 e. The molecule has 0 atom stereocenters. The lowest BCUT2D eigenvalue weighted by Crippen LogP contribution is -2.01. The maximum atomic E-state index is 5.04. The number of hydrogen-bond acceptors (Lipinski definition) is 2. The smallest absolute Gasteiger partial charge is 0.0927 e. The number of hydrogen-bond donors (Lipinski definition) is 0. The molecule has 0 fully saturated rings. The van der Waals surface area contributed by atoms with Crippen LogP contribution in [0.2, 0.25) is 0 Å². The van der Waals surface area contributed by atoms with Gasteiger partial charge in [-0.2, -0.15) is 0 Å². The van der Waals surface area contributed by atoms with E-state index in [4.69, 9.17) is 9.97 Å². The molecule has 4 aromatic carbocycles. The van der Waals surface area contributed by atoms with E-state index in [1.165, 1.54) is 21.9 Å². The summed E-state index contributed by atoms with van der Waals surface area (Å²) in [6.45, 7) is 4.35. The molecule has 0 amide bonds. The van der Waals surface area contributed by atoms with Crippen LogP contribution in [0.1, 0.15) is 25.5 Å². The molecule has 0 aliphatic carbocycles. The third-order valence-electron chi connectivity index (χ3n) is 5.35. The van der Waals surface area contributed by atoms with E-state index in [0.29, 0.717) is 5.92 Å². The van der Waals surface area contributed by atoms with Crippen LogP contribution in [0.15, 0.2) is 91.0 Å². The van der Waals surface area contributed by atoms with E-state index >= 15 is 0 Å². The first-order valence-corrected chi connectivity index (χ1v) is 10.1. The fraction of sp³-hybridized carbons (Fsp3) is 0.111. The molecule has 0 saturated heterocycles. The van der Waals surface area contributed by atoms with Gasteiger partial charge in [-0.15, -0.1) is 0 Å². The first-order valence-electron chi connectivity index (χ1n) is 10.1. The molecule has 0 bridgehead atoms. The predicted molar refractivity (Wildman–Crippen MR) is 122 cm³/mol. The lowest BCUT2D eigenvalue weighted by molar-refractivity contribution is 0.826. The highest BCUT2D eigenvalue weighted by Gasteiger charge is 2.14. The van der Waals surface area contributed by atoms with Crippen LogP contribution in [-0.4, -0.2) is 9.97 Å². The van der Waals surface area contributed by atoms with Crippen molar-refractivity contribution in [3.8, 4) is 22.4 Å². The van der Waals surface area contributed by atoms with Crippen LogP contribution in [0.4, 0.5) is 0 Å². The lowest BCUT2D eigenvalue weighted by atomic mass is 9.99. The Balaban J connectivity index is 1.72. The highest BCUT2D eigenvalue weighted by molar-refractivity contribution is 5.97. The van der Waals surface area contributed by atoms with Crippen molar-refractivity contribution >= 4 is 21.8 Å². The van der Waals surface area contributed by atoms with E-state index in [1.807, 2.05) is 12.1 Å². The van der Waals surface area contributed by atoms with Gasteiger partial charge in [-0.3, -0.25) is 0 Å². The summed E-state index contributed by atoms with van der Waals surface area (Å²) in [5, 5.41) is 2.37. The second kappa shape index (κ2) is 7.14. The molecule has 0 radical (unpaired) electrons. The summed E-state index contributed by atoms with van der Waals surface area (Å²) in [5.41, 5.74) is 7.47. The Morgan fingerprint density at radius 3 is 1.86 bits per heavy atom. The van der Waals surface area contributed by atoms with Crippen LogP contribution >= 0.6 is 0 Å². The Morgan fingerprint density at radius 1 is 0.552 bits per heavy atom. The summed E-state index contributed by atoms with van der Waals surface area (Å²) >= 11 is 0. The first kappa shape index (κ1) is 17.6. The van der Waals surface area contributed by atoms with Gasteiger partial charge in [-0.25, -0.2) is 9.97 Å². The van der Waals surface area contributed by atoms with E-state index in [-0.39, 0.29) is 0 Å². The van der Waals surface area contributed by atoms with Crippen molar-refractivity contribution in [1.29, 1.82) is 0 Å². The predicted octanol–water partition coefficient (Wildman–Crippen LogP) is 7.24. The van der Waals surface area contributed by atoms with Gasteiger partial charge < -0.3 is 0 Å². The molecule has 140 valence electrons. The number of aromatic nitrogens is 2. The number of benzene rings is 4. The molecule has 29 heavy (non-hydrogen) atoms. The molecule has 1 aromatic heterocycles. The van der Waals surface area contributed by atoms with Crippen LogP contribution in [0.3, 0.4) is 0 Å². The van der Waals surface area contributed by atoms with Gasteiger partial charge in [0, 0.05) is 5.56 Å². The molecule has 0 spiro atoms. The molecular formula is C27H22N2. The highest BCUT2D eigenvalue weighted by Crippen LogP contribution is 2.31. The molecule has 0 unspecified atom stereocenters. The van der Waals surface area contributed by atoms with Gasteiger partial charge >= 0.3 is 0 Å². The topological polar surface area (TPSA) is 25.8 Å². The minimum atomic E-state index is 0.299. The number of rotatable bonds is 3. The Kier molecular flexibility index (Phi) is 4.33. The van der Waals surface area contributed by atoms with Gasteiger partial charge in [-0.1, -0.05) is 86.6 Å². The van der Waals surface area contributed by atoms with Gasteiger partial charge in [0.15, 0.2) is 0 Å². The molecule has 0 N–H and O–H groups in total. The molecule has 2 nitrogen and oxygen atoms in total. The molecule has 5 aromatic rings. The van der Waals surface area contributed by atoms with E-state index in [0.717, 1.165) is 28.0 Å². The van der Waals surface area contributed by atoms with E-state index < -0.39 is 0 Å². The van der Waals surface area contributed by atoms with Crippen molar-refractivity contribution in [3.63, 3.8) is 0 Å².